The fourth-order valence-corrected chi connectivity index (χ4v) is 5.64. The molecular formula is C27H28F3N3O4S. The van der Waals surface area contributed by atoms with Crippen LogP contribution in [-0.2, 0) is 21.0 Å². The molecule has 1 heterocycles. The summed E-state index contributed by atoms with van der Waals surface area (Å²) >= 11 is 0. The number of halogens is 3. The first-order valence-corrected chi connectivity index (χ1v) is 13.4. The molecule has 202 valence electrons. The van der Waals surface area contributed by atoms with E-state index in [0.29, 0.717) is 24.5 Å². The zero-order chi connectivity index (χ0) is 27.5. The molecule has 0 saturated carbocycles. The Morgan fingerprint density at radius 2 is 1.61 bits per heavy atom. The second kappa shape index (κ2) is 10.9. The van der Waals surface area contributed by atoms with Crippen LogP contribution in [0.15, 0.2) is 77.7 Å². The Balaban J connectivity index is 1.53. The summed E-state index contributed by atoms with van der Waals surface area (Å²) in [4.78, 5) is 16.7. The molecule has 0 radical (unpaired) electrons. The topological polar surface area (TPSA) is 70.2 Å². The van der Waals surface area contributed by atoms with E-state index in [2.05, 4.69) is 0 Å². The van der Waals surface area contributed by atoms with Crippen molar-refractivity contribution in [2.75, 3.05) is 49.0 Å². The van der Waals surface area contributed by atoms with Crippen LogP contribution < -0.4 is 13.9 Å². The summed E-state index contributed by atoms with van der Waals surface area (Å²) in [7, 11) is -2.62. The maximum absolute atomic E-state index is 13.6. The number of rotatable bonds is 7. The Hall–Kier alpha value is -3.73. The van der Waals surface area contributed by atoms with Gasteiger partial charge in [-0.3, -0.25) is 9.10 Å². The van der Waals surface area contributed by atoms with Gasteiger partial charge in [-0.2, -0.15) is 13.2 Å². The molecule has 1 fully saturated rings. The molecule has 7 nitrogen and oxygen atoms in total. The Labute approximate surface area is 220 Å². The quantitative estimate of drug-likeness (QED) is 0.434. The third-order valence-corrected chi connectivity index (χ3v) is 8.19. The number of carbonyl (C=O) groups is 1. The first-order valence-electron chi connectivity index (χ1n) is 11.9. The first kappa shape index (κ1) is 27.3. The number of ether oxygens (including phenoxy) is 1. The van der Waals surface area contributed by atoms with Crippen LogP contribution in [-0.4, -0.2) is 59.1 Å². The normalized spacial score (nSPS) is 14.3. The summed E-state index contributed by atoms with van der Waals surface area (Å²) in [6.07, 6.45) is -4.44. The van der Waals surface area contributed by atoms with Gasteiger partial charge in [0, 0.05) is 37.9 Å². The molecule has 4 rings (SSSR count). The van der Waals surface area contributed by atoms with Gasteiger partial charge in [-0.25, -0.2) is 8.42 Å². The number of sulfonamides is 1. The van der Waals surface area contributed by atoms with Crippen molar-refractivity contribution in [3.05, 3.63) is 83.9 Å². The number of benzene rings is 3. The number of hydrogen-bond donors (Lipinski definition) is 0. The largest absolute Gasteiger partial charge is 0.497 e. The van der Waals surface area contributed by atoms with Crippen LogP contribution in [0, 0.1) is 6.92 Å². The van der Waals surface area contributed by atoms with Crippen molar-refractivity contribution in [2.24, 2.45) is 0 Å². The monoisotopic (exact) mass is 547 g/mol. The summed E-state index contributed by atoms with van der Waals surface area (Å²) in [5, 5.41) is 0. The van der Waals surface area contributed by atoms with Gasteiger partial charge >= 0.3 is 6.18 Å². The van der Waals surface area contributed by atoms with Crippen LogP contribution in [0.4, 0.5) is 24.5 Å². The van der Waals surface area contributed by atoms with Gasteiger partial charge in [0.2, 0.25) is 5.91 Å². The molecule has 11 heteroatoms. The van der Waals surface area contributed by atoms with Gasteiger partial charge in [0.1, 0.15) is 12.3 Å². The standard InChI is InChI=1S/C27H28F3N3O4S/c1-20-9-11-25(12-10-20)38(35,36)33(23-7-4-8-24(18-23)37-2)19-26(34)32-15-13-31(14-16-32)22-6-3-5-21(17-22)27(28,29)30/h3-12,17-18H,13-16,19H2,1-2H3. The Bertz CT molecular complexity index is 1390. The lowest BCUT2D eigenvalue weighted by Crippen LogP contribution is -2.52. The van der Waals surface area contributed by atoms with Crippen molar-refractivity contribution in [3.63, 3.8) is 0 Å². The maximum atomic E-state index is 13.6. The third kappa shape index (κ3) is 6.04. The molecular weight excluding hydrogens is 519 g/mol. The number of carbonyl (C=O) groups excluding carboxylic acids is 1. The lowest BCUT2D eigenvalue weighted by atomic mass is 10.1. The van der Waals surface area contributed by atoms with E-state index in [0.717, 1.165) is 22.0 Å². The van der Waals surface area contributed by atoms with Gasteiger partial charge in [-0.05, 0) is 49.4 Å². The van der Waals surface area contributed by atoms with Gasteiger partial charge in [-0.1, -0.05) is 29.8 Å². The number of piperazine rings is 1. The fourth-order valence-electron chi connectivity index (χ4n) is 4.23. The van der Waals surface area contributed by atoms with Gasteiger partial charge in [0.15, 0.2) is 0 Å². The molecule has 3 aromatic carbocycles. The molecule has 0 bridgehead atoms. The minimum absolute atomic E-state index is 0.0492. The smallest absolute Gasteiger partial charge is 0.416 e. The molecule has 0 aliphatic carbocycles. The number of anilines is 2. The second-order valence-corrected chi connectivity index (χ2v) is 10.8. The van der Waals surface area contributed by atoms with Crippen LogP contribution in [0.2, 0.25) is 0 Å². The Morgan fingerprint density at radius 1 is 0.947 bits per heavy atom. The summed E-state index contributed by atoms with van der Waals surface area (Å²) < 4.78 is 72.9. The van der Waals surface area contributed by atoms with E-state index in [1.165, 1.54) is 30.2 Å². The van der Waals surface area contributed by atoms with E-state index in [1.807, 2.05) is 6.92 Å². The minimum Gasteiger partial charge on any atom is -0.497 e. The number of amides is 1. The summed E-state index contributed by atoms with van der Waals surface area (Å²) in [6.45, 7) is 2.52. The average Bonchev–Trinajstić information content (AvgIpc) is 2.91. The first-order chi connectivity index (χ1) is 18.0. The predicted molar refractivity (Wildman–Crippen MR) is 139 cm³/mol. The third-order valence-electron chi connectivity index (χ3n) is 6.40. The van der Waals surface area contributed by atoms with Crippen molar-refractivity contribution in [1.82, 2.24) is 4.90 Å². The summed E-state index contributed by atoms with van der Waals surface area (Å²) in [5.41, 5.74) is 0.864. The van der Waals surface area contributed by atoms with E-state index in [1.54, 1.807) is 47.4 Å². The highest BCUT2D eigenvalue weighted by molar-refractivity contribution is 7.92. The predicted octanol–water partition coefficient (Wildman–Crippen LogP) is 4.57. The molecule has 1 saturated heterocycles. The van der Waals surface area contributed by atoms with Gasteiger partial charge in [0.25, 0.3) is 10.0 Å². The molecule has 0 atom stereocenters. The molecule has 0 N–H and O–H groups in total. The van der Waals surface area contributed by atoms with Crippen LogP contribution in [0.25, 0.3) is 0 Å². The fraction of sp³-hybridized carbons (Fsp3) is 0.296. The van der Waals surface area contributed by atoms with Crippen molar-refractivity contribution >= 4 is 27.3 Å². The highest BCUT2D eigenvalue weighted by Gasteiger charge is 2.32. The molecule has 0 spiro atoms. The van der Waals surface area contributed by atoms with Gasteiger partial charge in [-0.15, -0.1) is 0 Å². The second-order valence-electron chi connectivity index (χ2n) is 8.94. The zero-order valence-corrected chi connectivity index (χ0v) is 21.8. The highest BCUT2D eigenvalue weighted by atomic mass is 32.2. The average molecular weight is 548 g/mol. The summed E-state index contributed by atoms with van der Waals surface area (Å²) in [5.74, 6) is 0.0287. The maximum Gasteiger partial charge on any atom is 0.416 e. The van der Waals surface area contributed by atoms with E-state index >= 15 is 0 Å². The van der Waals surface area contributed by atoms with Crippen LogP contribution in [0.1, 0.15) is 11.1 Å². The van der Waals surface area contributed by atoms with Gasteiger partial charge in [0.05, 0.1) is 23.3 Å². The van der Waals surface area contributed by atoms with Crippen LogP contribution in [0.3, 0.4) is 0 Å². The van der Waals surface area contributed by atoms with E-state index in [4.69, 9.17) is 4.74 Å². The van der Waals surface area contributed by atoms with Crippen molar-refractivity contribution < 1.29 is 31.1 Å². The van der Waals surface area contributed by atoms with Crippen molar-refractivity contribution in [2.45, 2.75) is 18.0 Å². The van der Waals surface area contributed by atoms with E-state index in [-0.39, 0.29) is 23.7 Å². The number of alkyl halides is 3. The molecule has 1 aliphatic rings. The lowest BCUT2D eigenvalue weighted by Gasteiger charge is -2.37. The van der Waals surface area contributed by atoms with Crippen molar-refractivity contribution in [1.29, 1.82) is 0 Å². The zero-order valence-electron chi connectivity index (χ0n) is 21.0. The van der Waals surface area contributed by atoms with Crippen molar-refractivity contribution in [3.8, 4) is 5.75 Å². The molecule has 38 heavy (non-hydrogen) atoms. The van der Waals surface area contributed by atoms with E-state index in [9.17, 15) is 26.4 Å². The molecule has 3 aromatic rings. The molecule has 1 amide bonds. The number of nitrogens with zero attached hydrogens (tertiary/aromatic N) is 3. The molecule has 0 unspecified atom stereocenters. The Kier molecular flexibility index (Phi) is 7.86. The Morgan fingerprint density at radius 3 is 2.24 bits per heavy atom. The number of hydrogen-bond acceptors (Lipinski definition) is 5. The molecule has 0 aromatic heterocycles. The summed E-state index contributed by atoms with van der Waals surface area (Å²) in [6, 6.07) is 17.9. The number of methoxy groups -OCH3 is 1. The SMILES string of the molecule is COc1cccc(N(CC(=O)N2CCN(c3cccc(C(F)(F)F)c3)CC2)S(=O)(=O)c2ccc(C)cc2)c1. The highest BCUT2D eigenvalue weighted by Crippen LogP contribution is 2.32. The van der Waals surface area contributed by atoms with Gasteiger partial charge < -0.3 is 14.5 Å². The van der Waals surface area contributed by atoms with E-state index < -0.39 is 34.2 Å². The van der Waals surface area contributed by atoms with Crippen LogP contribution >= 0.6 is 0 Å². The molecule has 1 aliphatic heterocycles. The minimum atomic E-state index is -4.44. The van der Waals surface area contributed by atoms with Crippen LogP contribution in [0.5, 0.6) is 5.75 Å². The lowest BCUT2D eigenvalue weighted by molar-refractivity contribution is -0.137. The number of aryl methyl sites for hydroxylation is 1.